The lowest BCUT2D eigenvalue weighted by Crippen LogP contribution is -2.15. The summed E-state index contributed by atoms with van der Waals surface area (Å²) in [5.41, 5.74) is 1.36. The van der Waals surface area contributed by atoms with Crippen LogP contribution in [0.5, 0.6) is 11.5 Å². The molecule has 0 unspecified atom stereocenters. The molecular formula is C21H32B2O2. The Morgan fingerprint density at radius 3 is 1.92 bits per heavy atom. The van der Waals surface area contributed by atoms with E-state index < -0.39 is 0 Å². The van der Waals surface area contributed by atoms with Crippen molar-refractivity contribution in [1.82, 2.24) is 0 Å². The number of aryl methyl sites for hydroxylation is 1. The molecule has 0 bridgehead atoms. The maximum Gasteiger partial charge on any atom is 0.130 e. The first kappa shape index (κ1) is 19.8. The molecule has 2 aromatic rings. The lowest BCUT2D eigenvalue weighted by molar-refractivity contribution is 0.273. The van der Waals surface area contributed by atoms with Crippen LogP contribution in [0.4, 0.5) is 0 Å². The number of hydrogen-bond donors (Lipinski definition) is 0. The van der Waals surface area contributed by atoms with Gasteiger partial charge in [0.2, 0.25) is 0 Å². The number of hydrogen-bond acceptors (Lipinski definition) is 2. The van der Waals surface area contributed by atoms with E-state index in [1.807, 2.05) is 0 Å². The van der Waals surface area contributed by atoms with Gasteiger partial charge in [0.1, 0.15) is 27.2 Å². The fourth-order valence-corrected chi connectivity index (χ4v) is 2.72. The first-order valence-electron chi connectivity index (χ1n) is 9.41. The minimum atomic E-state index is 0.121. The molecule has 0 aliphatic rings. The maximum atomic E-state index is 6.21. The molecule has 0 atom stereocenters. The third kappa shape index (κ3) is 5.73. The summed E-state index contributed by atoms with van der Waals surface area (Å²) in [7, 11) is 4.38. The number of benzene rings is 2. The van der Waals surface area contributed by atoms with Crippen LogP contribution in [-0.4, -0.2) is 28.9 Å². The fraction of sp³-hybridized carbons (Fsp3) is 0.524. The Balaban J connectivity index is 2.49. The number of fused-ring (bicyclic) bond motifs is 1. The Bertz CT molecular complexity index is 688. The quantitative estimate of drug-likeness (QED) is 0.671. The van der Waals surface area contributed by atoms with E-state index in [1.165, 1.54) is 10.9 Å². The van der Waals surface area contributed by atoms with Crippen LogP contribution in [0.1, 0.15) is 46.6 Å². The highest BCUT2D eigenvalue weighted by Crippen LogP contribution is 2.38. The van der Waals surface area contributed by atoms with E-state index in [1.54, 1.807) is 0 Å². The molecule has 2 rings (SSSR count). The van der Waals surface area contributed by atoms with Crippen molar-refractivity contribution in [3.8, 4) is 11.5 Å². The van der Waals surface area contributed by atoms with Gasteiger partial charge in [0, 0.05) is 0 Å². The van der Waals surface area contributed by atoms with Crippen molar-refractivity contribution in [2.45, 2.75) is 58.1 Å². The van der Waals surface area contributed by atoms with Crippen LogP contribution in [0.25, 0.3) is 10.8 Å². The molecule has 25 heavy (non-hydrogen) atoms. The molecular weight excluding hydrogens is 306 g/mol. The highest BCUT2D eigenvalue weighted by molar-refractivity contribution is 6.15. The lowest BCUT2D eigenvalue weighted by atomic mass is 9.73. The second-order valence-corrected chi connectivity index (χ2v) is 9.35. The summed E-state index contributed by atoms with van der Waals surface area (Å²) in [5.74, 6) is 1.85. The van der Waals surface area contributed by atoms with Crippen LogP contribution < -0.4 is 9.47 Å². The lowest BCUT2D eigenvalue weighted by Gasteiger charge is -2.23. The van der Waals surface area contributed by atoms with E-state index >= 15 is 0 Å². The van der Waals surface area contributed by atoms with Gasteiger partial charge in [-0.15, -0.1) is 0 Å². The van der Waals surface area contributed by atoms with Crippen LogP contribution in [0.15, 0.2) is 30.3 Å². The molecule has 0 saturated heterocycles. The summed E-state index contributed by atoms with van der Waals surface area (Å²) >= 11 is 0. The van der Waals surface area contributed by atoms with E-state index in [-0.39, 0.29) is 10.6 Å². The van der Waals surface area contributed by atoms with Crippen molar-refractivity contribution in [1.29, 1.82) is 0 Å². The summed E-state index contributed by atoms with van der Waals surface area (Å²) in [6, 6.07) is 10.7. The van der Waals surface area contributed by atoms with Crippen LogP contribution in [0.3, 0.4) is 0 Å². The summed E-state index contributed by atoms with van der Waals surface area (Å²) in [5, 5.41) is 2.60. The molecule has 0 aliphatic heterocycles. The van der Waals surface area contributed by atoms with E-state index in [4.69, 9.17) is 9.47 Å². The third-order valence-corrected chi connectivity index (χ3v) is 3.90. The summed E-state index contributed by atoms with van der Waals surface area (Å²) in [6.45, 7) is 12.4. The molecule has 0 fully saturated rings. The largest absolute Gasteiger partial charge is 0.493 e. The Morgan fingerprint density at radius 2 is 1.40 bits per heavy atom. The summed E-state index contributed by atoms with van der Waals surface area (Å²) in [6.07, 6.45) is 2.20. The zero-order valence-electron chi connectivity index (χ0n) is 17.0. The number of rotatable bonds is 8. The molecule has 2 nitrogen and oxygen atoms in total. The predicted octanol–water partition coefficient (Wildman–Crippen LogP) is 4.21. The summed E-state index contributed by atoms with van der Waals surface area (Å²) < 4.78 is 12.4. The smallest absolute Gasteiger partial charge is 0.130 e. The van der Waals surface area contributed by atoms with Gasteiger partial charge in [0.05, 0.1) is 18.6 Å². The second kappa shape index (κ2) is 7.76. The van der Waals surface area contributed by atoms with Crippen LogP contribution in [0.2, 0.25) is 10.6 Å². The van der Waals surface area contributed by atoms with E-state index in [2.05, 4.69) is 80.6 Å². The average Bonchev–Trinajstić information content (AvgIpc) is 2.50. The van der Waals surface area contributed by atoms with Crippen molar-refractivity contribution in [2.24, 2.45) is 0 Å². The molecule has 4 heteroatoms. The minimum Gasteiger partial charge on any atom is -0.493 e. The van der Waals surface area contributed by atoms with Crippen molar-refractivity contribution >= 4 is 26.5 Å². The predicted molar refractivity (Wildman–Crippen MR) is 114 cm³/mol. The van der Waals surface area contributed by atoms with Gasteiger partial charge in [0.25, 0.3) is 0 Å². The molecule has 2 aromatic carbocycles. The molecule has 0 N–H and O–H groups in total. The van der Waals surface area contributed by atoms with Gasteiger partial charge in [-0.3, -0.25) is 0 Å². The van der Waals surface area contributed by atoms with Crippen molar-refractivity contribution in [3.05, 3.63) is 35.9 Å². The maximum absolute atomic E-state index is 6.21. The van der Waals surface area contributed by atoms with E-state index in [9.17, 15) is 0 Å². The first-order valence-corrected chi connectivity index (χ1v) is 9.41. The zero-order chi connectivity index (χ0) is 18.7. The molecule has 134 valence electrons. The molecule has 0 aliphatic carbocycles. The topological polar surface area (TPSA) is 18.5 Å². The van der Waals surface area contributed by atoms with Gasteiger partial charge >= 0.3 is 0 Å². The van der Waals surface area contributed by atoms with Crippen molar-refractivity contribution < 1.29 is 9.47 Å². The van der Waals surface area contributed by atoms with Crippen molar-refractivity contribution in [3.63, 3.8) is 0 Å². The van der Waals surface area contributed by atoms with E-state index in [0.717, 1.165) is 29.7 Å². The van der Waals surface area contributed by atoms with Gasteiger partial charge in [-0.05, 0) is 40.1 Å². The van der Waals surface area contributed by atoms with Crippen LogP contribution in [0, 0.1) is 0 Å². The van der Waals surface area contributed by atoms with Gasteiger partial charge in [-0.2, -0.15) is 0 Å². The molecule has 0 aromatic heterocycles. The Morgan fingerprint density at radius 1 is 0.840 bits per heavy atom. The Kier molecular flexibility index (Phi) is 6.13. The van der Waals surface area contributed by atoms with Gasteiger partial charge in [-0.1, -0.05) is 59.2 Å². The third-order valence-electron chi connectivity index (χ3n) is 3.90. The fourth-order valence-electron chi connectivity index (χ4n) is 2.72. The second-order valence-electron chi connectivity index (χ2n) is 9.35. The zero-order valence-corrected chi connectivity index (χ0v) is 17.0. The average molecular weight is 338 g/mol. The van der Waals surface area contributed by atoms with Gasteiger partial charge in [-0.25, -0.2) is 0 Å². The van der Waals surface area contributed by atoms with E-state index in [0.29, 0.717) is 13.2 Å². The molecule has 0 spiro atoms. The molecule has 0 heterocycles. The highest BCUT2D eigenvalue weighted by Gasteiger charge is 2.18. The Hall–Kier alpha value is -1.57. The molecule has 0 radical (unpaired) electrons. The standard InChI is InChI=1S/C21H32B2O2/c1-6-8-15-11-12-18(25-14-21(4,5)23)19-16(15)9-7-10-17(19)24-13-20(2,3)22/h7,9-12H,6,8,13-14,22-23H2,1-5H3. The normalized spacial score (nSPS) is 12.4. The Labute approximate surface area is 155 Å². The molecule has 0 saturated carbocycles. The number of ether oxygens (including phenoxy) is 2. The first-order chi connectivity index (χ1) is 11.6. The van der Waals surface area contributed by atoms with Crippen LogP contribution in [-0.2, 0) is 6.42 Å². The van der Waals surface area contributed by atoms with Gasteiger partial charge < -0.3 is 9.47 Å². The SMILES string of the molecule is BC(C)(C)COc1cccc2c(CCC)ccc(OCC(B)(C)C)c12. The summed E-state index contributed by atoms with van der Waals surface area (Å²) in [4.78, 5) is 0. The van der Waals surface area contributed by atoms with Crippen molar-refractivity contribution in [2.75, 3.05) is 13.2 Å². The molecule has 0 amide bonds. The highest BCUT2D eigenvalue weighted by atomic mass is 16.5. The minimum absolute atomic E-state index is 0.121. The monoisotopic (exact) mass is 338 g/mol. The van der Waals surface area contributed by atoms with Crippen LogP contribution >= 0.6 is 0 Å². The van der Waals surface area contributed by atoms with Gasteiger partial charge in [0.15, 0.2) is 0 Å².